The minimum Gasteiger partial charge on any atom is -0.504 e. The molecule has 1 aromatic carbocycles. The van der Waals surface area contributed by atoms with Crippen molar-refractivity contribution in [3.8, 4) is 11.5 Å². The van der Waals surface area contributed by atoms with Gasteiger partial charge in [-0.05, 0) is 26.0 Å². The Labute approximate surface area is 294 Å². The van der Waals surface area contributed by atoms with E-state index in [2.05, 4.69) is 15.5 Å². The van der Waals surface area contributed by atoms with E-state index in [4.69, 9.17) is 10.6 Å². The van der Waals surface area contributed by atoms with E-state index in [1.54, 1.807) is 0 Å². The Morgan fingerprint density at radius 2 is 1.82 bits per heavy atom. The maximum atomic E-state index is 13.5. The van der Waals surface area contributed by atoms with Crippen molar-refractivity contribution < 1.29 is 53.7 Å². The van der Waals surface area contributed by atoms with Gasteiger partial charge in [0.2, 0.25) is 17.4 Å². The Kier molecular flexibility index (Phi) is 9.06. The molecular weight excluding hydrogens is 693 g/mol. The van der Waals surface area contributed by atoms with Gasteiger partial charge in [0, 0.05) is 54.1 Å². The number of rotatable bonds is 12. The van der Waals surface area contributed by atoms with Crippen LogP contribution in [0.25, 0.3) is 0 Å². The number of aromatic hydroxyl groups is 2. The molecule has 18 heteroatoms. The maximum Gasteiger partial charge on any atom is 0.352 e. The second kappa shape index (κ2) is 12.9. The number of phenolic OH excluding ortho intramolecular Hbond substituents is 2. The number of piperidine rings is 3. The standard InChI is InChI=1S/C32H36N6O10S2/c1-31(2,29(46)47)48-36-23(19-15-50-30(33)35-19)22(41)12-18-25(42)37-24(27(43)44)16(14-49-26(18)37)13-38-8-5-32(6-9-38,7-10-38)28(45)34-17-3-4-20(39)21(40)11-17/h3-4,11,15,18,26H,5-10,12-14H2,1-2H3,(H6-,33,34,35,36,39,40,41,43,44,45,46,47)/p+1/t18-,26-,32?,38?/m1/s1. The van der Waals surface area contributed by atoms with Gasteiger partial charge in [0.05, 0.1) is 36.3 Å². The number of phenols is 2. The zero-order valence-electron chi connectivity index (χ0n) is 27.2. The number of amides is 2. The number of β-lactam (4-membered cyclic amide) rings is 1. The highest BCUT2D eigenvalue weighted by atomic mass is 32.2. The van der Waals surface area contributed by atoms with Crippen molar-refractivity contribution in [3.63, 3.8) is 0 Å². The zero-order valence-corrected chi connectivity index (χ0v) is 28.9. The molecule has 4 fully saturated rings. The van der Waals surface area contributed by atoms with Crippen LogP contribution in [0, 0.1) is 11.3 Å². The number of ketones is 1. The lowest BCUT2D eigenvalue weighted by Gasteiger charge is -2.55. The van der Waals surface area contributed by atoms with Gasteiger partial charge in [-0.25, -0.2) is 14.6 Å². The van der Waals surface area contributed by atoms with Crippen molar-refractivity contribution in [2.45, 2.75) is 50.5 Å². The number of nitrogens with one attached hydrogen (secondary N) is 1. The minimum absolute atomic E-state index is 0.0741. The molecule has 5 aliphatic rings. The van der Waals surface area contributed by atoms with E-state index in [0.717, 1.165) is 11.3 Å². The molecule has 0 spiro atoms. The van der Waals surface area contributed by atoms with Crippen molar-refractivity contribution in [1.29, 1.82) is 0 Å². The first-order valence-electron chi connectivity index (χ1n) is 15.9. The quantitative estimate of drug-likeness (QED) is 0.0459. The molecule has 5 aliphatic heterocycles. The number of hydrogen-bond acceptors (Lipinski definition) is 13. The summed E-state index contributed by atoms with van der Waals surface area (Å²) in [6.45, 7) is 4.88. The average molecular weight is 730 g/mol. The molecule has 16 nitrogen and oxygen atoms in total. The summed E-state index contributed by atoms with van der Waals surface area (Å²) in [6.07, 6.45) is 1.44. The molecule has 7 N–H and O–H groups in total. The number of nitrogens with zero attached hydrogens (tertiary/aromatic N) is 4. The molecule has 0 saturated carbocycles. The molecule has 0 radical (unpaired) electrons. The fourth-order valence-electron chi connectivity index (χ4n) is 6.98. The van der Waals surface area contributed by atoms with E-state index in [1.807, 2.05) is 0 Å². The number of benzene rings is 1. The summed E-state index contributed by atoms with van der Waals surface area (Å²) in [4.78, 5) is 75.1. The lowest BCUT2D eigenvalue weighted by Crippen LogP contribution is -2.66. The molecule has 50 heavy (non-hydrogen) atoms. The van der Waals surface area contributed by atoms with E-state index in [-0.39, 0.29) is 46.1 Å². The largest absolute Gasteiger partial charge is 0.504 e. The average Bonchev–Trinajstić information content (AvgIpc) is 3.51. The van der Waals surface area contributed by atoms with Crippen LogP contribution in [0.2, 0.25) is 0 Å². The number of hydrogen-bond donors (Lipinski definition) is 6. The number of oxime groups is 1. The number of Topliss-reactive ketones (excluding diaryl/α,β-unsaturated/α-hetero) is 1. The Bertz CT molecular complexity index is 1830. The van der Waals surface area contributed by atoms with Crippen LogP contribution in [0.15, 0.2) is 40.0 Å². The van der Waals surface area contributed by atoms with E-state index in [9.17, 15) is 44.4 Å². The van der Waals surface area contributed by atoms with Crippen LogP contribution < -0.4 is 11.1 Å². The number of quaternary nitrogens is 1. The SMILES string of the molecule is CC(C)(O/N=C(\C(=O)C[C@@H]1C(=O)N2C(C(=O)O)=C(C[N+]34CCC(C(=O)Nc5ccc(O)c(O)c5)(CC3)CC4)CS[C@H]12)c1csc(N)n1)C(=O)O. The Morgan fingerprint density at radius 1 is 1.14 bits per heavy atom. The number of fused-ring (bicyclic) bond motifs is 4. The van der Waals surface area contributed by atoms with E-state index < -0.39 is 45.9 Å². The number of carbonyl (C=O) groups is 5. The van der Waals surface area contributed by atoms with Gasteiger partial charge in [-0.15, -0.1) is 23.1 Å². The number of carboxylic acids is 2. The normalized spacial score (nSPS) is 26.2. The second-order valence-electron chi connectivity index (χ2n) is 13.7. The Morgan fingerprint density at radius 3 is 2.40 bits per heavy atom. The molecule has 2 atom stereocenters. The van der Waals surface area contributed by atoms with Gasteiger partial charge in [0.1, 0.15) is 17.9 Å². The molecule has 2 aromatic rings. The van der Waals surface area contributed by atoms with Gasteiger partial charge in [-0.1, -0.05) is 5.16 Å². The van der Waals surface area contributed by atoms with Gasteiger partial charge in [0.25, 0.3) is 0 Å². The van der Waals surface area contributed by atoms with Crippen LogP contribution in [0.1, 0.15) is 45.2 Å². The van der Waals surface area contributed by atoms with Gasteiger partial charge >= 0.3 is 11.9 Å². The predicted molar refractivity (Wildman–Crippen MR) is 181 cm³/mol. The molecule has 4 saturated heterocycles. The van der Waals surface area contributed by atoms with Gasteiger partial charge in [-0.2, -0.15) is 0 Å². The monoisotopic (exact) mass is 729 g/mol. The van der Waals surface area contributed by atoms with Crippen LogP contribution in [-0.4, -0.2) is 113 Å². The number of carboxylic acid groups (broad SMARTS) is 2. The van der Waals surface area contributed by atoms with Gasteiger partial charge in [0.15, 0.2) is 28.1 Å². The topological polar surface area (TPSA) is 242 Å². The van der Waals surface area contributed by atoms with Crippen LogP contribution in [-0.2, 0) is 28.8 Å². The summed E-state index contributed by atoms with van der Waals surface area (Å²) >= 11 is 2.43. The third kappa shape index (κ3) is 6.37. The minimum atomic E-state index is -1.76. The highest BCUT2D eigenvalue weighted by Gasteiger charge is 2.57. The van der Waals surface area contributed by atoms with Crippen molar-refractivity contribution in [3.05, 3.63) is 40.5 Å². The Balaban J connectivity index is 1.14. The molecule has 2 bridgehead atoms. The lowest BCUT2D eigenvalue weighted by atomic mass is 9.69. The molecule has 2 amide bonds. The number of aromatic nitrogens is 1. The summed E-state index contributed by atoms with van der Waals surface area (Å²) in [5.74, 6) is -4.95. The van der Waals surface area contributed by atoms with Crippen LogP contribution in [0.5, 0.6) is 11.5 Å². The summed E-state index contributed by atoms with van der Waals surface area (Å²) in [6, 6.07) is 4.12. The highest BCUT2D eigenvalue weighted by molar-refractivity contribution is 8.00. The first-order chi connectivity index (χ1) is 23.5. The third-order valence-corrected chi connectivity index (χ3v) is 12.2. The summed E-state index contributed by atoms with van der Waals surface area (Å²) in [7, 11) is 0. The zero-order chi connectivity index (χ0) is 36.2. The van der Waals surface area contributed by atoms with E-state index >= 15 is 0 Å². The number of nitrogen functional groups attached to an aromatic ring is 1. The Hall–Kier alpha value is -4.68. The van der Waals surface area contributed by atoms with Crippen molar-refractivity contribution in [2.75, 3.05) is 43.0 Å². The fourth-order valence-corrected chi connectivity index (χ4v) is 8.93. The molecule has 7 rings (SSSR count). The smallest absolute Gasteiger partial charge is 0.352 e. The maximum absolute atomic E-state index is 13.5. The number of thiazole rings is 1. The summed E-state index contributed by atoms with van der Waals surface area (Å²) in [5, 5.41) is 46.8. The van der Waals surface area contributed by atoms with Crippen LogP contribution >= 0.6 is 23.1 Å². The van der Waals surface area contributed by atoms with Crippen molar-refractivity contribution in [1.82, 2.24) is 9.88 Å². The highest BCUT2D eigenvalue weighted by Crippen LogP contribution is 2.49. The first-order valence-corrected chi connectivity index (χ1v) is 17.8. The second-order valence-corrected chi connectivity index (χ2v) is 15.7. The number of carbonyl (C=O) groups excluding carboxylic acids is 3. The van der Waals surface area contributed by atoms with E-state index in [0.29, 0.717) is 66.9 Å². The van der Waals surface area contributed by atoms with Gasteiger partial charge in [-0.3, -0.25) is 19.3 Å². The summed E-state index contributed by atoms with van der Waals surface area (Å²) in [5.41, 5.74) is 4.11. The van der Waals surface area contributed by atoms with Crippen LogP contribution in [0.3, 0.4) is 0 Å². The predicted octanol–water partition coefficient (Wildman–Crippen LogP) is 2.19. The summed E-state index contributed by atoms with van der Waals surface area (Å²) < 4.78 is 0.597. The fraction of sp³-hybridized carbons (Fsp3) is 0.469. The van der Waals surface area contributed by atoms with Crippen LogP contribution in [0.4, 0.5) is 10.8 Å². The molecule has 0 aliphatic carbocycles. The molecular formula is C32H37N6O10S2+. The molecule has 1 aromatic heterocycles. The van der Waals surface area contributed by atoms with Gasteiger partial charge < -0.3 is 40.8 Å². The third-order valence-electron chi connectivity index (χ3n) is 10.1. The molecule has 6 heterocycles. The number of anilines is 2. The first kappa shape index (κ1) is 35.2. The number of nitrogens with two attached hydrogens (primary N) is 1. The number of aliphatic carboxylic acids is 2. The molecule has 0 unspecified atom stereocenters. The number of thioether (sulfide) groups is 1. The molecule has 266 valence electrons. The van der Waals surface area contributed by atoms with Crippen molar-refractivity contribution in [2.24, 2.45) is 16.5 Å². The van der Waals surface area contributed by atoms with E-state index in [1.165, 1.54) is 54.1 Å². The van der Waals surface area contributed by atoms with Crippen molar-refractivity contribution >= 4 is 69.2 Å². The lowest BCUT2D eigenvalue weighted by molar-refractivity contribution is -0.940.